The first-order valence-corrected chi connectivity index (χ1v) is 9.53. The molecule has 3 rings (SSSR count). The minimum absolute atomic E-state index is 0.0554. The Morgan fingerprint density at radius 3 is 2.64 bits per heavy atom. The number of nitrogens with one attached hydrogen (secondary N) is 1. The molecule has 0 saturated carbocycles. The lowest BCUT2D eigenvalue weighted by Gasteiger charge is -2.34. The van der Waals surface area contributed by atoms with Gasteiger partial charge < -0.3 is 19.9 Å². The number of hydrogen-bond acceptors (Lipinski definition) is 3. The topological polar surface area (TPSA) is 61.9 Å². The fourth-order valence-electron chi connectivity index (χ4n) is 3.22. The zero-order valence-corrected chi connectivity index (χ0v) is 16.6. The highest BCUT2D eigenvalue weighted by molar-refractivity contribution is 5.93. The summed E-state index contributed by atoms with van der Waals surface area (Å²) in [5.74, 6) is 1.10. The molecule has 1 fully saturated rings. The van der Waals surface area contributed by atoms with Crippen molar-refractivity contribution in [2.24, 2.45) is 0 Å². The van der Waals surface area contributed by atoms with Gasteiger partial charge in [0.05, 0.1) is 7.11 Å². The van der Waals surface area contributed by atoms with Crippen LogP contribution >= 0.6 is 0 Å². The van der Waals surface area contributed by atoms with Crippen LogP contribution in [0.25, 0.3) is 0 Å². The average molecular weight is 381 g/mol. The number of anilines is 1. The van der Waals surface area contributed by atoms with Crippen LogP contribution in [0.3, 0.4) is 0 Å². The molecule has 1 heterocycles. The summed E-state index contributed by atoms with van der Waals surface area (Å²) in [6.45, 7) is 5.84. The lowest BCUT2D eigenvalue weighted by atomic mass is 10.0. The highest BCUT2D eigenvalue weighted by Crippen LogP contribution is 2.20. The lowest BCUT2D eigenvalue weighted by Crippen LogP contribution is -2.52. The van der Waals surface area contributed by atoms with E-state index < -0.39 is 0 Å². The molecule has 6 heteroatoms. The Bertz CT molecular complexity index is 850. The van der Waals surface area contributed by atoms with E-state index in [1.54, 1.807) is 16.9 Å². The van der Waals surface area contributed by atoms with E-state index >= 15 is 0 Å². The van der Waals surface area contributed by atoms with Gasteiger partial charge in [0.15, 0.2) is 0 Å². The van der Waals surface area contributed by atoms with Crippen LogP contribution in [-0.2, 0) is 11.3 Å². The Hall–Kier alpha value is -3.02. The van der Waals surface area contributed by atoms with E-state index in [1.807, 2.05) is 48.5 Å². The van der Waals surface area contributed by atoms with Gasteiger partial charge in [0.25, 0.3) is 0 Å². The summed E-state index contributed by atoms with van der Waals surface area (Å²) < 4.78 is 5.23. The Kier molecular flexibility index (Phi) is 6.19. The highest BCUT2D eigenvalue weighted by Gasteiger charge is 2.27. The van der Waals surface area contributed by atoms with Crippen LogP contribution in [-0.4, -0.2) is 48.5 Å². The zero-order chi connectivity index (χ0) is 20.1. The quantitative estimate of drug-likeness (QED) is 0.859. The SMILES string of the molecule is COc1cccc(CN2CCN(C(=O)Nc3cccc(C(C)C)c3)CC2=O)c1. The highest BCUT2D eigenvalue weighted by atomic mass is 16.5. The number of carbonyl (C=O) groups excluding carboxylic acids is 2. The van der Waals surface area contributed by atoms with Gasteiger partial charge in [-0.25, -0.2) is 4.79 Å². The second-order valence-corrected chi connectivity index (χ2v) is 7.30. The second kappa shape index (κ2) is 8.78. The van der Waals surface area contributed by atoms with Crippen molar-refractivity contribution in [3.63, 3.8) is 0 Å². The molecule has 148 valence electrons. The van der Waals surface area contributed by atoms with Gasteiger partial charge in [-0.05, 0) is 41.3 Å². The Morgan fingerprint density at radius 2 is 1.93 bits per heavy atom. The van der Waals surface area contributed by atoms with Crippen molar-refractivity contribution in [2.45, 2.75) is 26.3 Å². The normalized spacial score (nSPS) is 14.4. The summed E-state index contributed by atoms with van der Waals surface area (Å²) in [6.07, 6.45) is 0. The van der Waals surface area contributed by atoms with Crippen molar-refractivity contribution >= 4 is 17.6 Å². The van der Waals surface area contributed by atoms with E-state index in [4.69, 9.17) is 4.74 Å². The van der Waals surface area contributed by atoms with Crippen LogP contribution in [0.5, 0.6) is 5.75 Å². The first kappa shape index (κ1) is 19.7. The fraction of sp³-hybridized carbons (Fsp3) is 0.364. The van der Waals surface area contributed by atoms with Crippen molar-refractivity contribution in [1.29, 1.82) is 0 Å². The minimum Gasteiger partial charge on any atom is -0.497 e. The van der Waals surface area contributed by atoms with E-state index in [1.165, 1.54) is 0 Å². The van der Waals surface area contributed by atoms with Crippen molar-refractivity contribution in [3.8, 4) is 5.75 Å². The van der Waals surface area contributed by atoms with Gasteiger partial charge in [0.2, 0.25) is 5.91 Å². The molecular formula is C22H27N3O3. The number of urea groups is 1. The number of nitrogens with zero attached hydrogens (tertiary/aromatic N) is 2. The van der Waals surface area contributed by atoms with Gasteiger partial charge in [-0.2, -0.15) is 0 Å². The summed E-state index contributed by atoms with van der Waals surface area (Å²) in [5, 5.41) is 2.91. The number of rotatable bonds is 5. The lowest BCUT2D eigenvalue weighted by molar-refractivity contribution is -0.135. The fourth-order valence-corrected chi connectivity index (χ4v) is 3.22. The minimum atomic E-state index is -0.240. The third kappa shape index (κ3) is 4.82. The van der Waals surface area contributed by atoms with E-state index in [-0.39, 0.29) is 18.5 Å². The molecule has 1 aliphatic heterocycles. The summed E-state index contributed by atoms with van der Waals surface area (Å²) >= 11 is 0. The summed E-state index contributed by atoms with van der Waals surface area (Å²) in [5.41, 5.74) is 2.93. The molecule has 1 N–H and O–H groups in total. The molecule has 0 spiro atoms. The van der Waals surface area contributed by atoms with Crippen LogP contribution < -0.4 is 10.1 Å². The molecule has 1 aliphatic rings. The maximum atomic E-state index is 12.6. The standard InChI is InChI=1S/C22H27N3O3/c1-16(2)18-7-5-8-19(13-18)23-22(27)25-11-10-24(21(26)15-25)14-17-6-4-9-20(12-17)28-3/h4-9,12-13,16H,10-11,14-15H2,1-3H3,(H,23,27). The first-order chi connectivity index (χ1) is 13.5. The first-order valence-electron chi connectivity index (χ1n) is 9.53. The van der Waals surface area contributed by atoms with Crippen LogP contribution in [0.15, 0.2) is 48.5 Å². The smallest absolute Gasteiger partial charge is 0.322 e. The van der Waals surface area contributed by atoms with E-state index in [0.717, 1.165) is 22.6 Å². The van der Waals surface area contributed by atoms with E-state index in [9.17, 15) is 9.59 Å². The van der Waals surface area contributed by atoms with Crippen molar-refractivity contribution in [2.75, 3.05) is 32.1 Å². The van der Waals surface area contributed by atoms with Gasteiger partial charge in [0.1, 0.15) is 12.3 Å². The van der Waals surface area contributed by atoms with Gasteiger partial charge in [-0.15, -0.1) is 0 Å². The number of ether oxygens (including phenoxy) is 1. The number of hydrogen-bond donors (Lipinski definition) is 1. The van der Waals surface area contributed by atoms with Crippen molar-refractivity contribution in [3.05, 3.63) is 59.7 Å². The predicted octanol–water partition coefficient (Wildman–Crippen LogP) is 3.69. The molecule has 0 bridgehead atoms. The van der Waals surface area contributed by atoms with E-state index in [2.05, 4.69) is 19.2 Å². The van der Waals surface area contributed by atoms with Gasteiger partial charge in [-0.1, -0.05) is 38.1 Å². The van der Waals surface area contributed by atoms with Crippen LogP contribution in [0.2, 0.25) is 0 Å². The summed E-state index contributed by atoms with van der Waals surface area (Å²) in [4.78, 5) is 28.4. The second-order valence-electron chi connectivity index (χ2n) is 7.30. The van der Waals surface area contributed by atoms with Gasteiger partial charge in [-0.3, -0.25) is 4.79 Å². The summed E-state index contributed by atoms with van der Waals surface area (Å²) in [7, 11) is 1.62. The molecule has 28 heavy (non-hydrogen) atoms. The van der Waals surface area contributed by atoms with Crippen LogP contribution in [0.4, 0.5) is 10.5 Å². The number of methoxy groups -OCH3 is 1. The third-order valence-electron chi connectivity index (χ3n) is 4.92. The average Bonchev–Trinajstić information content (AvgIpc) is 2.69. The van der Waals surface area contributed by atoms with E-state index in [0.29, 0.717) is 25.6 Å². The molecular weight excluding hydrogens is 354 g/mol. The molecule has 3 amide bonds. The Balaban J connectivity index is 1.57. The predicted molar refractivity (Wildman–Crippen MR) is 110 cm³/mol. The van der Waals surface area contributed by atoms with Crippen molar-refractivity contribution in [1.82, 2.24) is 9.80 Å². The molecule has 0 unspecified atom stereocenters. The number of amides is 3. The van der Waals surface area contributed by atoms with Gasteiger partial charge >= 0.3 is 6.03 Å². The zero-order valence-electron chi connectivity index (χ0n) is 16.6. The molecule has 1 saturated heterocycles. The summed E-state index contributed by atoms with van der Waals surface area (Å²) in [6, 6.07) is 15.3. The van der Waals surface area contributed by atoms with Crippen molar-refractivity contribution < 1.29 is 14.3 Å². The van der Waals surface area contributed by atoms with Crippen LogP contribution in [0, 0.1) is 0 Å². The number of piperazine rings is 1. The van der Waals surface area contributed by atoms with Crippen LogP contribution in [0.1, 0.15) is 30.9 Å². The monoisotopic (exact) mass is 381 g/mol. The molecule has 0 aliphatic carbocycles. The molecule has 0 radical (unpaired) electrons. The Morgan fingerprint density at radius 1 is 1.14 bits per heavy atom. The maximum absolute atomic E-state index is 12.6. The van der Waals surface area contributed by atoms with Gasteiger partial charge in [0, 0.05) is 25.3 Å². The molecule has 6 nitrogen and oxygen atoms in total. The number of carbonyl (C=O) groups is 2. The maximum Gasteiger partial charge on any atom is 0.322 e. The molecule has 2 aromatic carbocycles. The largest absolute Gasteiger partial charge is 0.497 e. The molecule has 2 aromatic rings. The molecule has 0 aromatic heterocycles. The molecule has 0 atom stereocenters. The Labute approximate surface area is 166 Å². The number of benzene rings is 2. The third-order valence-corrected chi connectivity index (χ3v) is 4.92.